The molecular formula is C16H22N2OS. The fourth-order valence-corrected chi connectivity index (χ4v) is 2.99. The fraction of sp³-hybridized carbons (Fsp3) is 0.438. The van der Waals surface area contributed by atoms with Crippen molar-refractivity contribution in [2.45, 2.75) is 33.7 Å². The quantitative estimate of drug-likeness (QED) is 0.782. The highest BCUT2D eigenvalue weighted by Gasteiger charge is 2.09. The van der Waals surface area contributed by atoms with Gasteiger partial charge in [-0.05, 0) is 51.1 Å². The van der Waals surface area contributed by atoms with E-state index in [2.05, 4.69) is 36.3 Å². The van der Waals surface area contributed by atoms with E-state index < -0.39 is 0 Å². The number of aromatic nitrogens is 1. The van der Waals surface area contributed by atoms with Gasteiger partial charge in [0.25, 0.3) is 0 Å². The van der Waals surface area contributed by atoms with Crippen molar-refractivity contribution >= 4 is 11.3 Å². The maximum atomic E-state index is 5.46. The second-order valence-electron chi connectivity index (χ2n) is 4.66. The van der Waals surface area contributed by atoms with Crippen LogP contribution >= 0.6 is 11.3 Å². The SMILES string of the molecule is CCCNCc1sc(-c2ccc(OCC)cc2)nc1C. The molecule has 1 heterocycles. The Kier molecular flexibility index (Phi) is 5.56. The lowest BCUT2D eigenvalue weighted by Gasteiger charge is -2.03. The number of thiazole rings is 1. The maximum absolute atomic E-state index is 5.46. The molecule has 2 aromatic rings. The minimum atomic E-state index is 0.697. The Hall–Kier alpha value is -1.39. The van der Waals surface area contributed by atoms with Gasteiger partial charge in [-0.1, -0.05) is 6.92 Å². The maximum Gasteiger partial charge on any atom is 0.123 e. The van der Waals surface area contributed by atoms with E-state index in [0.717, 1.165) is 41.5 Å². The van der Waals surface area contributed by atoms with Gasteiger partial charge in [-0.25, -0.2) is 4.98 Å². The Morgan fingerprint density at radius 1 is 1.20 bits per heavy atom. The van der Waals surface area contributed by atoms with Gasteiger partial charge in [-0.3, -0.25) is 0 Å². The van der Waals surface area contributed by atoms with Crippen molar-refractivity contribution in [3.8, 4) is 16.3 Å². The average molecular weight is 290 g/mol. The number of aryl methyl sites for hydroxylation is 1. The minimum absolute atomic E-state index is 0.697. The number of hydrogen-bond donors (Lipinski definition) is 1. The highest BCUT2D eigenvalue weighted by molar-refractivity contribution is 7.15. The van der Waals surface area contributed by atoms with E-state index in [4.69, 9.17) is 4.74 Å². The molecule has 0 radical (unpaired) electrons. The van der Waals surface area contributed by atoms with E-state index in [9.17, 15) is 0 Å². The van der Waals surface area contributed by atoms with Gasteiger partial charge in [0.05, 0.1) is 12.3 Å². The molecule has 0 bridgehead atoms. The van der Waals surface area contributed by atoms with Gasteiger partial charge in [0.2, 0.25) is 0 Å². The molecule has 108 valence electrons. The van der Waals surface area contributed by atoms with Crippen LogP contribution in [-0.4, -0.2) is 18.1 Å². The summed E-state index contributed by atoms with van der Waals surface area (Å²) in [4.78, 5) is 5.99. The topological polar surface area (TPSA) is 34.1 Å². The summed E-state index contributed by atoms with van der Waals surface area (Å²) in [7, 11) is 0. The number of rotatable bonds is 7. The highest BCUT2D eigenvalue weighted by Crippen LogP contribution is 2.29. The van der Waals surface area contributed by atoms with Crippen molar-refractivity contribution in [3.05, 3.63) is 34.8 Å². The first-order valence-corrected chi connectivity index (χ1v) is 7.96. The third-order valence-corrected chi connectivity index (χ3v) is 4.22. The Bertz CT molecular complexity index is 534. The molecule has 0 amide bonds. The number of ether oxygens (including phenoxy) is 1. The third-order valence-electron chi connectivity index (χ3n) is 3.02. The van der Waals surface area contributed by atoms with Crippen LogP contribution in [-0.2, 0) is 6.54 Å². The predicted octanol–water partition coefficient (Wildman–Crippen LogP) is 4.02. The van der Waals surface area contributed by atoms with Gasteiger partial charge in [0.1, 0.15) is 10.8 Å². The van der Waals surface area contributed by atoms with Gasteiger partial charge in [-0.2, -0.15) is 0 Å². The first-order valence-electron chi connectivity index (χ1n) is 7.14. The molecule has 0 aliphatic heterocycles. The van der Waals surface area contributed by atoms with Crippen molar-refractivity contribution in [2.75, 3.05) is 13.2 Å². The molecule has 1 aromatic heterocycles. The largest absolute Gasteiger partial charge is 0.494 e. The van der Waals surface area contributed by atoms with Gasteiger partial charge >= 0.3 is 0 Å². The zero-order valence-corrected chi connectivity index (χ0v) is 13.2. The van der Waals surface area contributed by atoms with Crippen LogP contribution in [0.3, 0.4) is 0 Å². The van der Waals surface area contributed by atoms with Crippen LogP contribution < -0.4 is 10.1 Å². The van der Waals surface area contributed by atoms with E-state index in [0.29, 0.717) is 6.61 Å². The molecular weight excluding hydrogens is 268 g/mol. The molecule has 0 saturated heterocycles. The third kappa shape index (κ3) is 3.81. The fourth-order valence-electron chi connectivity index (χ4n) is 1.95. The van der Waals surface area contributed by atoms with E-state index in [-0.39, 0.29) is 0 Å². The van der Waals surface area contributed by atoms with Crippen LogP contribution in [0.15, 0.2) is 24.3 Å². The Labute approximate surface area is 125 Å². The van der Waals surface area contributed by atoms with Crippen LogP contribution in [0.4, 0.5) is 0 Å². The lowest BCUT2D eigenvalue weighted by atomic mass is 10.2. The average Bonchev–Trinajstić information content (AvgIpc) is 2.82. The second-order valence-corrected chi connectivity index (χ2v) is 5.75. The van der Waals surface area contributed by atoms with Crippen molar-refractivity contribution in [1.82, 2.24) is 10.3 Å². The van der Waals surface area contributed by atoms with E-state index in [1.165, 1.54) is 4.88 Å². The zero-order chi connectivity index (χ0) is 14.4. The van der Waals surface area contributed by atoms with Gasteiger partial charge in [0, 0.05) is 17.0 Å². The summed E-state index contributed by atoms with van der Waals surface area (Å²) in [6, 6.07) is 8.16. The van der Waals surface area contributed by atoms with Crippen LogP contribution in [0.1, 0.15) is 30.8 Å². The molecule has 0 aliphatic carbocycles. The minimum Gasteiger partial charge on any atom is -0.494 e. The number of nitrogens with zero attached hydrogens (tertiary/aromatic N) is 1. The summed E-state index contributed by atoms with van der Waals surface area (Å²) >= 11 is 1.77. The Morgan fingerprint density at radius 3 is 2.60 bits per heavy atom. The molecule has 0 saturated carbocycles. The van der Waals surface area contributed by atoms with E-state index in [1.54, 1.807) is 11.3 Å². The molecule has 3 nitrogen and oxygen atoms in total. The molecule has 1 aromatic carbocycles. The Morgan fingerprint density at radius 2 is 1.95 bits per heavy atom. The van der Waals surface area contributed by atoms with Crippen LogP contribution in [0, 0.1) is 6.92 Å². The normalized spacial score (nSPS) is 10.8. The number of benzene rings is 1. The van der Waals surface area contributed by atoms with Crippen LogP contribution in [0.2, 0.25) is 0 Å². The Balaban J connectivity index is 2.10. The van der Waals surface area contributed by atoms with Gasteiger partial charge in [-0.15, -0.1) is 11.3 Å². The number of nitrogens with one attached hydrogen (secondary N) is 1. The monoisotopic (exact) mass is 290 g/mol. The highest BCUT2D eigenvalue weighted by atomic mass is 32.1. The molecule has 20 heavy (non-hydrogen) atoms. The molecule has 0 atom stereocenters. The zero-order valence-electron chi connectivity index (χ0n) is 12.4. The molecule has 0 unspecified atom stereocenters. The van der Waals surface area contributed by atoms with Crippen LogP contribution in [0.5, 0.6) is 5.75 Å². The summed E-state index contributed by atoms with van der Waals surface area (Å²) in [5.41, 5.74) is 2.28. The number of hydrogen-bond acceptors (Lipinski definition) is 4. The lowest BCUT2D eigenvalue weighted by Crippen LogP contribution is -2.13. The summed E-state index contributed by atoms with van der Waals surface area (Å²) in [5.74, 6) is 0.911. The predicted molar refractivity (Wildman–Crippen MR) is 85.5 cm³/mol. The summed E-state index contributed by atoms with van der Waals surface area (Å²) in [5, 5.41) is 4.52. The van der Waals surface area contributed by atoms with Crippen molar-refractivity contribution in [2.24, 2.45) is 0 Å². The van der Waals surface area contributed by atoms with E-state index >= 15 is 0 Å². The molecule has 0 spiro atoms. The second kappa shape index (κ2) is 7.41. The molecule has 4 heteroatoms. The summed E-state index contributed by atoms with van der Waals surface area (Å²) in [6.45, 7) is 8.91. The molecule has 1 N–H and O–H groups in total. The standard InChI is InChI=1S/C16H22N2OS/c1-4-10-17-11-15-12(3)18-16(20-15)13-6-8-14(9-7-13)19-5-2/h6-9,17H,4-5,10-11H2,1-3H3. The first-order chi connectivity index (χ1) is 9.74. The molecule has 0 aliphatic rings. The summed E-state index contributed by atoms with van der Waals surface area (Å²) in [6.07, 6.45) is 1.16. The van der Waals surface area contributed by atoms with Crippen molar-refractivity contribution in [3.63, 3.8) is 0 Å². The first kappa shape index (κ1) is 15.0. The molecule has 2 rings (SSSR count). The van der Waals surface area contributed by atoms with Gasteiger partial charge < -0.3 is 10.1 Å². The molecule has 0 fully saturated rings. The lowest BCUT2D eigenvalue weighted by molar-refractivity contribution is 0.340. The van der Waals surface area contributed by atoms with Crippen molar-refractivity contribution in [1.29, 1.82) is 0 Å². The van der Waals surface area contributed by atoms with Crippen LogP contribution in [0.25, 0.3) is 10.6 Å². The van der Waals surface area contributed by atoms with E-state index in [1.807, 2.05) is 19.1 Å². The smallest absolute Gasteiger partial charge is 0.123 e. The summed E-state index contributed by atoms with van der Waals surface area (Å²) < 4.78 is 5.46. The van der Waals surface area contributed by atoms with Crippen molar-refractivity contribution < 1.29 is 4.74 Å². The van der Waals surface area contributed by atoms with Gasteiger partial charge in [0.15, 0.2) is 0 Å².